The summed E-state index contributed by atoms with van der Waals surface area (Å²) < 4.78 is 5.88. The van der Waals surface area contributed by atoms with Crippen molar-refractivity contribution in [1.82, 2.24) is 10.2 Å². The Bertz CT molecular complexity index is 635. The van der Waals surface area contributed by atoms with Crippen molar-refractivity contribution in [3.63, 3.8) is 0 Å². The highest BCUT2D eigenvalue weighted by Crippen LogP contribution is 2.26. The third-order valence-electron chi connectivity index (χ3n) is 4.58. The fraction of sp³-hybridized carbons (Fsp3) is 0.556. The number of aliphatic hydroxyl groups excluding tert-OH is 1. The van der Waals surface area contributed by atoms with E-state index in [1.807, 2.05) is 18.2 Å². The van der Waals surface area contributed by atoms with Crippen LogP contribution in [0.1, 0.15) is 38.0 Å². The minimum Gasteiger partial charge on any atom is -0.459 e. The Kier molecular flexibility index (Phi) is 5.59. The highest BCUT2D eigenvalue weighted by atomic mass is 35.5. The van der Waals surface area contributed by atoms with Gasteiger partial charge < -0.3 is 19.7 Å². The number of hydrogen-bond donors (Lipinski definition) is 2. The third kappa shape index (κ3) is 4.48. The van der Waals surface area contributed by atoms with E-state index in [0.717, 1.165) is 67.2 Å². The van der Waals surface area contributed by atoms with Gasteiger partial charge >= 0.3 is 0 Å². The van der Waals surface area contributed by atoms with Gasteiger partial charge in [0.25, 0.3) is 0 Å². The number of fused-ring (bicyclic) bond motifs is 1. The van der Waals surface area contributed by atoms with Gasteiger partial charge in [0.2, 0.25) is 0 Å². The lowest BCUT2D eigenvalue weighted by molar-refractivity contribution is 0.0820. The molecule has 23 heavy (non-hydrogen) atoms. The second-order valence-electron chi connectivity index (χ2n) is 6.43. The number of halogens is 1. The third-order valence-corrected chi connectivity index (χ3v) is 4.82. The number of nitrogens with one attached hydrogen (secondary N) is 1. The van der Waals surface area contributed by atoms with Crippen LogP contribution in [0.15, 0.2) is 28.7 Å². The topological polar surface area (TPSA) is 48.6 Å². The Balaban J connectivity index is 1.44. The number of aliphatic hydroxyl groups is 1. The first kappa shape index (κ1) is 16.8. The van der Waals surface area contributed by atoms with Crippen LogP contribution < -0.4 is 5.32 Å². The van der Waals surface area contributed by atoms with Crippen molar-refractivity contribution in [2.75, 3.05) is 26.2 Å². The van der Waals surface area contributed by atoms with Crippen molar-refractivity contribution in [3.05, 3.63) is 35.0 Å². The Morgan fingerprint density at radius 2 is 2.13 bits per heavy atom. The fourth-order valence-electron chi connectivity index (χ4n) is 3.11. The molecule has 2 N–H and O–H groups in total. The molecule has 1 aromatic heterocycles. The van der Waals surface area contributed by atoms with Gasteiger partial charge in [-0.2, -0.15) is 0 Å². The zero-order valence-corrected chi connectivity index (χ0v) is 14.4. The van der Waals surface area contributed by atoms with Crippen LogP contribution in [0.3, 0.4) is 0 Å². The predicted molar refractivity (Wildman–Crippen MR) is 93.9 cm³/mol. The van der Waals surface area contributed by atoms with Gasteiger partial charge in [-0.15, -0.1) is 0 Å². The molecule has 0 bridgehead atoms. The average molecular weight is 337 g/mol. The molecule has 1 aliphatic heterocycles. The van der Waals surface area contributed by atoms with Crippen LogP contribution in [-0.4, -0.2) is 42.3 Å². The van der Waals surface area contributed by atoms with Crippen molar-refractivity contribution >= 4 is 22.6 Å². The number of nitrogens with zero attached hydrogens (tertiary/aromatic N) is 1. The molecule has 0 aliphatic carbocycles. The molecule has 5 heteroatoms. The summed E-state index contributed by atoms with van der Waals surface area (Å²) in [6.45, 7) is 6.19. The van der Waals surface area contributed by atoms with Crippen LogP contribution in [0.2, 0.25) is 5.02 Å². The molecule has 2 aromatic rings. The van der Waals surface area contributed by atoms with E-state index in [1.165, 1.54) is 0 Å². The molecular weight excluding hydrogens is 312 g/mol. The van der Waals surface area contributed by atoms with Gasteiger partial charge in [0.05, 0.1) is 12.1 Å². The molecule has 1 atom stereocenters. The Morgan fingerprint density at radius 1 is 1.35 bits per heavy atom. The first-order chi connectivity index (χ1) is 11.1. The van der Waals surface area contributed by atoms with Gasteiger partial charge in [-0.1, -0.05) is 11.6 Å². The first-order valence-electron chi connectivity index (χ1n) is 8.44. The highest BCUT2D eigenvalue weighted by molar-refractivity contribution is 6.31. The Morgan fingerprint density at radius 3 is 2.91 bits per heavy atom. The minimum atomic E-state index is -0.0917. The highest BCUT2D eigenvalue weighted by Gasteiger charge is 2.16. The zero-order chi connectivity index (χ0) is 16.2. The summed E-state index contributed by atoms with van der Waals surface area (Å²) in [7, 11) is 0. The van der Waals surface area contributed by atoms with Crippen LogP contribution in [0.4, 0.5) is 0 Å². The van der Waals surface area contributed by atoms with E-state index >= 15 is 0 Å². The molecule has 1 unspecified atom stereocenters. The van der Waals surface area contributed by atoms with E-state index in [0.29, 0.717) is 0 Å². The number of hydrogen-bond acceptors (Lipinski definition) is 4. The lowest BCUT2D eigenvalue weighted by Gasteiger charge is -2.29. The van der Waals surface area contributed by atoms with E-state index in [1.54, 1.807) is 0 Å². The first-order valence-corrected chi connectivity index (χ1v) is 8.82. The summed E-state index contributed by atoms with van der Waals surface area (Å²) in [6.07, 6.45) is 2.83. The standard InChI is InChI=1S/C18H25ClN2O2/c1-13(18-12-14-11-15(19)3-4-17(14)23-18)20-7-2-8-21-9-5-16(22)6-10-21/h3-4,11-13,16,20,22H,2,5-10H2,1H3. The van der Waals surface area contributed by atoms with E-state index < -0.39 is 0 Å². The lowest BCUT2D eigenvalue weighted by Crippen LogP contribution is -2.37. The van der Waals surface area contributed by atoms with E-state index in [4.69, 9.17) is 16.0 Å². The lowest BCUT2D eigenvalue weighted by atomic mass is 10.1. The number of benzene rings is 1. The summed E-state index contributed by atoms with van der Waals surface area (Å²) in [4.78, 5) is 2.43. The van der Waals surface area contributed by atoms with Crippen molar-refractivity contribution < 1.29 is 9.52 Å². The quantitative estimate of drug-likeness (QED) is 0.792. The van der Waals surface area contributed by atoms with Gasteiger partial charge in [-0.05, 0) is 63.5 Å². The molecule has 1 aromatic carbocycles. The number of piperidine rings is 1. The van der Waals surface area contributed by atoms with Crippen LogP contribution in [0, 0.1) is 0 Å². The molecule has 1 saturated heterocycles. The Hall–Kier alpha value is -1.07. The number of rotatable bonds is 6. The minimum absolute atomic E-state index is 0.0917. The van der Waals surface area contributed by atoms with Gasteiger partial charge in [0, 0.05) is 23.5 Å². The molecule has 3 rings (SSSR count). The average Bonchev–Trinajstić information content (AvgIpc) is 2.96. The van der Waals surface area contributed by atoms with Crippen LogP contribution in [0.25, 0.3) is 11.0 Å². The molecule has 1 fully saturated rings. The van der Waals surface area contributed by atoms with Gasteiger partial charge in [-0.3, -0.25) is 0 Å². The van der Waals surface area contributed by atoms with Crippen LogP contribution in [0.5, 0.6) is 0 Å². The van der Waals surface area contributed by atoms with E-state index in [2.05, 4.69) is 23.2 Å². The molecule has 0 radical (unpaired) electrons. The van der Waals surface area contributed by atoms with Crippen molar-refractivity contribution in [2.24, 2.45) is 0 Å². The van der Waals surface area contributed by atoms with Gasteiger partial charge in [0.1, 0.15) is 11.3 Å². The molecule has 2 heterocycles. The van der Waals surface area contributed by atoms with E-state index in [-0.39, 0.29) is 12.1 Å². The fourth-order valence-corrected chi connectivity index (χ4v) is 3.29. The molecule has 4 nitrogen and oxygen atoms in total. The maximum Gasteiger partial charge on any atom is 0.134 e. The predicted octanol–water partition coefficient (Wildman–Crippen LogP) is 3.58. The normalized spacial score (nSPS) is 18.6. The van der Waals surface area contributed by atoms with E-state index in [9.17, 15) is 5.11 Å². The monoisotopic (exact) mass is 336 g/mol. The van der Waals surface area contributed by atoms with Crippen molar-refractivity contribution in [2.45, 2.75) is 38.3 Å². The molecule has 0 amide bonds. The Labute approximate surface area is 142 Å². The molecular formula is C18H25ClN2O2. The SMILES string of the molecule is CC(NCCCN1CCC(O)CC1)c1cc2cc(Cl)ccc2o1. The van der Waals surface area contributed by atoms with Gasteiger partial charge in [0.15, 0.2) is 0 Å². The van der Waals surface area contributed by atoms with Crippen molar-refractivity contribution in [3.8, 4) is 0 Å². The summed E-state index contributed by atoms with van der Waals surface area (Å²) >= 11 is 6.02. The number of likely N-dealkylation sites (tertiary alicyclic amines) is 1. The van der Waals surface area contributed by atoms with Crippen LogP contribution in [-0.2, 0) is 0 Å². The number of furan rings is 1. The second-order valence-corrected chi connectivity index (χ2v) is 6.87. The summed E-state index contributed by atoms with van der Waals surface area (Å²) in [5, 5.41) is 14.8. The maximum atomic E-state index is 9.52. The summed E-state index contributed by atoms with van der Waals surface area (Å²) in [6, 6.07) is 7.94. The zero-order valence-electron chi connectivity index (χ0n) is 13.6. The van der Waals surface area contributed by atoms with Gasteiger partial charge in [-0.25, -0.2) is 0 Å². The largest absolute Gasteiger partial charge is 0.459 e. The smallest absolute Gasteiger partial charge is 0.134 e. The van der Waals surface area contributed by atoms with Crippen LogP contribution >= 0.6 is 11.6 Å². The molecule has 0 saturated carbocycles. The maximum absolute atomic E-state index is 9.52. The second kappa shape index (κ2) is 7.67. The molecule has 1 aliphatic rings. The molecule has 0 spiro atoms. The van der Waals surface area contributed by atoms with Crippen molar-refractivity contribution in [1.29, 1.82) is 0 Å². The summed E-state index contributed by atoms with van der Waals surface area (Å²) in [5.74, 6) is 0.948. The molecule has 126 valence electrons. The summed E-state index contributed by atoms with van der Waals surface area (Å²) in [5.41, 5.74) is 0.880.